The Balaban J connectivity index is 1.58. The number of fused-ring (bicyclic) bond motifs is 3. The normalized spacial score (nSPS) is 21.2. The number of thioether (sulfide) groups is 1. The molecule has 134 valence electrons. The molecule has 0 amide bonds. The Hall–Kier alpha value is -1.38. The van der Waals surface area contributed by atoms with Gasteiger partial charge in [0, 0.05) is 23.7 Å². The van der Waals surface area contributed by atoms with Crippen LogP contribution in [0.15, 0.2) is 4.79 Å². The van der Waals surface area contributed by atoms with Crippen LogP contribution in [0.5, 0.6) is 0 Å². The third-order valence-electron chi connectivity index (χ3n) is 4.86. The molecule has 0 aromatic carbocycles. The maximum atomic E-state index is 12.6. The molecule has 8 heteroatoms. The van der Waals surface area contributed by atoms with E-state index in [4.69, 9.17) is 9.72 Å². The summed E-state index contributed by atoms with van der Waals surface area (Å²) >= 11 is 3.30. The van der Waals surface area contributed by atoms with Gasteiger partial charge in [-0.15, -0.1) is 23.1 Å². The van der Waals surface area contributed by atoms with Gasteiger partial charge in [0.15, 0.2) is 0 Å². The number of aromatic nitrogens is 2. The second-order valence-electron chi connectivity index (χ2n) is 6.52. The van der Waals surface area contributed by atoms with Gasteiger partial charge in [-0.25, -0.2) is 4.98 Å². The third-order valence-corrected chi connectivity index (χ3v) is 7.21. The molecule has 0 bridgehead atoms. The molecule has 1 aliphatic carbocycles. The zero-order valence-electron chi connectivity index (χ0n) is 14.2. The first-order valence-corrected chi connectivity index (χ1v) is 10.5. The number of aromatic amines is 1. The highest BCUT2D eigenvalue weighted by Gasteiger charge is 2.28. The average molecular weight is 380 g/mol. The molecule has 2 aromatic heterocycles. The fraction of sp³-hybridized carbons (Fsp3) is 0.588. The van der Waals surface area contributed by atoms with Gasteiger partial charge in [-0.3, -0.25) is 14.5 Å². The number of carbonyl (C=O) groups is 1. The molecule has 1 atom stereocenters. The van der Waals surface area contributed by atoms with E-state index in [-0.39, 0.29) is 16.8 Å². The maximum absolute atomic E-state index is 12.6. The summed E-state index contributed by atoms with van der Waals surface area (Å²) < 4.78 is 4.85. The summed E-state index contributed by atoms with van der Waals surface area (Å²) in [6.07, 6.45) is 4.41. The van der Waals surface area contributed by atoms with Gasteiger partial charge < -0.3 is 9.72 Å². The van der Waals surface area contributed by atoms with E-state index in [1.807, 2.05) is 0 Å². The lowest BCUT2D eigenvalue weighted by Crippen LogP contribution is -2.41. The van der Waals surface area contributed by atoms with Crippen LogP contribution < -0.4 is 5.56 Å². The van der Waals surface area contributed by atoms with Gasteiger partial charge in [0.1, 0.15) is 15.9 Å². The standard InChI is InChI=1S/C17H21N3O3S2/c1-23-17(22)12-8-20(6-7-24-12)9-13-18-15(21)14-10-4-2-3-5-11(10)25-16(14)19-13/h12H,2-9H2,1H3,(H,18,19,21). The number of esters is 1. The molecule has 1 N–H and O–H groups in total. The second-order valence-corrected chi connectivity index (χ2v) is 8.92. The lowest BCUT2D eigenvalue weighted by molar-refractivity contribution is -0.140. The Labute approximate surface area is 154 Å². The Morgan fingerprint density at radius 1 is 1.40 bits per heavy atom. The van der Waals surface area contributed by atoms with E-state index in [0.29, 0.717) is 18.9 Å². The molecule has 4 rings (SSSR count). The number of nitrogens with zero attached hydrogens (tertiary/aromatic N) is 2. The number of thiophene rings is 1. The second kappa shape index (κ2) is 7.09. The van der Waals surface area contributed by atoms with Gasteiger partial charge >= 0.3 is 5.97 Å². The van der Waals surface area contributed by atoms with E-state index in [0.717, 1.165) is 41.8 Å². The number of H-pyrrole nitrogens is 1. The molecule has 3 heterocycles. The summed E-state index contributed by atoms with van der Waals surface area (Å²) in [5.74, 6) is 1.38. The maximum Gasteiger partial charge on any atom is 0.320 e. The minimum atomic E-state index is -0.183. The number of ether oxygens (including phenoxy) is 1. The Kier molecular flexibility index (Phi) is 4.84. The van der Waals surface area contributed by atoms with Gasteiger partial charge in [0.25, 0.3) is 5.56 Å². The van der Waals surface area contributed by atoms with Gasteiger partial charge in [-0.2, -0.15) is 0 Å². The topological polar surface area (TPSA) is 75.3 Å². The van der Waals surface area contributed by atoms with Crippen LogP contribution in [-0.4, -0.2) is 52.0 Å². The van der Waals surface area contributed by atoms with E-state index in [1.54, 1.807) is 23.1 Å². The van der Waals surface area contributed by atoms with Crippen LogP contribution in [0.4, 0.5) is 0 Å². The predicted molar refractivity (Wildman–Crippen MR) is 100 cm³/mol. The molecule has 0 spiro atoms. The van der Waals surface area contributed by atoms with E-state index < -0.39 is 0 Å². The fourth-order valence-corrected chi connectivity index (χ4v) is 6.09. The highest BCUT2D eigenvalue weighted by atomic mass is 32.2. The molecule has 25 heavy (non-hydrogen) atoms. The molecular weight excluding hydrogens is 358 g/mol. The van der Waals surface area contributed by atoms with Crippen LogP contribution in [0.1, 0.15) is 29.1 Å². The van der Waals surface area contributed by atoms with Crippen molar-refractivity contribution in [2.24, 2.45) is 0 Å². The highest BCUT2D eigenvalue weighted by molar-refractivity contribution is 8.00. The van der Waals surface area contributed by atoms with Crippen molar-refractivity contribution in [3.8, 4) is 0 Å². The molecular formula is C17H21N3O3S2. The van der Waals surface area contributed by atoms with Crippen molar-refractivity contribution >= 4 is 39.3 Å². The van der Waals surface area contributed by atoms with Crippen molar-refractivity contribution in [1.29, 1.82) is 0 Å². The smallest absolute Gasteiger partial charge is 0.320 e. The first-order chi connectivity index (χ1) is 12.2. The Morgan fingerprint density at radius 3 is 3.08 bits per heavy atom. The summed E-state index contributed by atoms with van der Waals surface area (Å²) in [6, 6.07) is 0. The fourth-order valence-electron chi connectivity index (χ4n) is 3.62. The largest absolute Gasteiger partial charge is 0.468 e. The van der Waals surface area contributed by atoms with Crippen LogP contribution in [0.2, 0.25) is 0 Å². The number of methoxy groups -OCH3 is 1. The molecule has 0 radical (unpaired) electrons. The summed E-state index contributed by atoms with van der Waals surface area (Å²) in [5.41, 5.74) is 1.20. The summed E-state index contributed by atoms with van der Waals surface area (Å²) in [5, 5.41) is 0.633. The van der Waals surface area contributed by atoms with Crippen molar-refractivity contribution in [1.82, 2.24) is 14.9 Å². The molecule has 1 saturated heterocycles. The number of hydrogen-bond acceptors (Lipinski definition) is 7. The van der Waals surface area contributed by atoms with E-state index in [1.165, 1.54) is 24.0 Å². The van der Waals surface area contributed by atoms with Gasteiger partial charge in [-0.1, -0.05) is 0 Å². The van der Waals surface area contributed by atoms with E-state index in [2.05, 4.69) is 9.88 Å². The zero-order chi connectivity index (χ0) is 17.4. The van der Waals surface area contributed by atoms with Gasteiger partial charge in [-0.05, 0) is 31.2 Å². The molecule has 2 aliphatic rings. The summed E-state index contributed by atoms with van der Waals surface area (Å²) in [6.45, 7) is 2.06. The first kappa shape index (κ1) is 17.1. The number of nitrogens with one attached hydrogen (secondary N) is 1. The molecule has 6 nitrogen and oxygen atoms in total. The van der Waals surface area contributed by atoms with E-state index in [9.17, 15) is 9.59 Å². The minimum absolute atomic E-state index is 0.0182. The average Bonchev–Trinajstić information content (AvgIpc) is 3.00. The molecule has 2 aromatic rings. The van der Waals surface area contributed by atoms with Crippen molar-refractivity contribution in [3.63, 3.8) is 0 Å². The number of hydrogen-bond donors (Lipinski definition) is 1. The van der Waals surface area contributed by atoms with Gasteiger partial charge in [0.05, 0.1) is 19.0 Å². The highest BCUT2D eigenvalue weighted by Crippen LogP contribution is 2.33. The predicted octanol–water partition coefficient (Wildman–Crippen LogP) is 1.95. The number of carbonyl (C=O) groups excluding carboxylic acids is 1. The lowest BCUT2D eigenvalue weighted by Gasteiger charge is -2.30. The summed E-state index contributed by atoms with van der Waals surface area (Å²) in [7, 11) is 1.42. The van der Waals surface area contributed by atoms with Gasteiger partial charge in [0.2, 0.25) is 0 Å². The third kappa shape index (κ3) is 3.35. The monoisotopic (exact) mass is 379 g/mol. The van der Waals surface area contributed by atoms with Crippen molar-refractivity contribution in [2.75, 3.05) is 26.0 Å². The number of aryl methyl sites for hydroxylation is 2. The summed E-state index contributed by atoms with van der Waals surface area (Å²) in [4.78, 5) is 36.4. The molecule has 1 unspecified atom stereocenters. The minimum Gasteiger partial charge on any atom is -0.468 e. The molecule has 1 aliphatic heterocycles. The van der Waals surface area contributed by atoms with Crippen LogP contribution in [-0.2, 0) is 28.9 Å². The molecule has 1 fully saturated rings. The van der Waals surface area contributed by atoms with E-state index >= 15 is 0 Å². The van der Waals surface area contributed by atoms with Crippen LogP contribution in [0, 0.1) is 0 Å². The molecule has 0 saturated carbocycles. The van der Waals surface area contributed by atoms with Crippen molar-refractivity contribution in [3.05, 3.63) is 26.6 Å². The number of rotatable bonds is 3. The van der Waals surface area contributed by atoms with Crippen LogP contribution in [0.25, 0.3) is 10.2 Å². The van der Waals surface area contributed by atoms with Crippen molar-refractivity contribution < 1.29 is 9.53 Å². The quantitative estimate of drug-likeness (QED) is 0.822. The van der Waals surface area contributed by atoms with Crippen LogP contribution in [0.3, 0.4) is 0 Å². The zero-order valence-corrected chi connectivity index (χ0v) is 15.8. The first-order valence-electron chi connectivity index (χ1n) is 8.61. The van der Waals surface area contributed by atoms with Crippen molar-refractivity contribution in [2.45, 2.75) is 37.5 Å². The Bertz CT molecular complexity index is 861. The SMILES string of the molecule is COC(=O)C1CN(Cc2nc3sc4c(c3c(=O)[nH]2)CCCC4)CCS1. The lowest BCUT2D eigenvalue weighted by atomic mass is 9.97. The Morgan fingerprint density at radius 2 is 2.24 bits per heavy atom. The van der Waals surface area contributed by atoms with Crippen LogP contribution >= 0.6 is 23.1 Å².